The first-order valence-corrected chi connectivity index (χ1v) is 4.12. The number of hydrogen-bond donors (Lipinski definition) is 1. The predicted molar refractivity (Wildman–Crippen MR) is 48.9 cm³/mol. The molecule has 0 spiro atoms. The molecular weight excluding hydrogens is 250 g/mol. The van der Waals surface area contributed by atoms with Crippen molar-refractivity contribution in [3.05, 3.63) is 37.7 Å². The number of pyridine rings is 1. The van der Waals surface area contributed by atoms with Crippen LogP contribution < -0.4 is 5.56 Å². The Morgan fingerprint density at radius 2 is 2.12 bits per heavy atom. The average Bonchev–Trinajstić information content (AvgIpc) is 2.15. The minimum Gasteiger partial charge on any atom is -0.358 e. The van der Waals surface area contributed by atoms with Gasteiger partial charge in [0.1, 0.15) is 5.56 Å². The Morgan fingerprint density at radius 3 is 2.50 bits per heavy atom. The third-order valence-corrected chi connectivity index (χ3v) is 1.89. The van der Waals surface area contributed by atoms with E-state index in [0.717, 1.165) is 0 Å². The Bertz CT molecular complexity index is 514. The molecule has 0 amide bonds. The second kappa shape index (κ2) is 4.35. The lowest BCUT2D eigenvalue weighted by Crippen LogP contribution is -2.18. The second-order valence-corrected chi connectivity index (χ2v) is 2.99. The number of alkyl halides is 2. The smallest absolute Gasteiger partial charge is 0.341 e. The van der Waals surface area contributed by atoms with Gasteiger partial charge >= 0.3 is 11.4 Å². The summed E-state index contributed by atoms with van der Waals surface area (Å²) in [5.74, 6) is -0.876. The molecule has 0 radical (unpaired) electrons. The zero-order chi connectivity index (χ0) is 12.5. The first-order chi connectivity index (χ1) is 7.34. The Hall–Kier alpha value is -1.83. The largest absolute Gasteiger partial charge is 0.358 e. The first-order valence-electron chi connectivity index (χ1n) is 3.74. The summed E-state index contributed by atoms with van der Waals surface area (Å²) in [5, 5.41) is 8.95. The quantitative estimate of drug-likeness (QED) is 0.502. The van der Waals surface area contributed by atoms with Crippen molar-refractivity contribution in [1.29, 1.82) is 0 Å². The van der Waals surface area contributed by atoms with Gasteiger partial charge in [-0.15, -0.1) is 0 Å². The fourth-order valence-corrected chi connectivity index (χ4v) is 1.19. The van der Waals surface area contributed by atoms with Gasteiger partial charge in [-0.2, -0.15) is 0 Å². The highest BCUT2D eigenvalue weighted by molar-refractivity contribution is 6.67. The molecule has 0 saturated carbocycles. The molecule has 6 nitrogen and oxygen atoms in total. The van der Waals surface area contributed by atoms with Crippen LogP contribution in [0.4, 0.5) is 14.6 Å². The number of nitrogens with zero attached hydrogens (tertiary/aromatic N) is 1. The van der Waals surface area contributed by atoms with E-state index < -0.39 is 39.1 Å². The summed E-state index contributed by atoms with van der Waals surface area (Å²) in [7, 11) is 0. The third-order valence-electron chi connectivity index (χ3n) is 1.68. The summed E-state index contributed by atoms with van der Waals surface area (Å²) in [6, 6.07) is 0.498. The Balaban J connectivity index is 3.59. The number of nitrogens with one attached hydrogen (secondary N) is 1. The van der Waals surface area contributed by atoms with Crippen molar-refractivity contribution >= 4 is 22.7 Å². The number of aromatic amines is 1. The maximum Gasteiger partial charge on any atom is 0.341 e. The summed E-state index contributed by atoms with van der Waals surface area (Å²) in [6.45, 7) is 0. The van der Waals surface area contributed by atoms with E-state index in [2.05, 4.69) is 0 Å². The van der Waals surface area contributed by atoms with Crippen molar-refractivity contribution in [2.24, 2.45) is 0 Å². The standard InChI is InChI=1S/C7H3ClF2N2O4/c8-5(13)2-1-3(12(15)16)11-7(14)4(2)6(9)10/h1,6H,(H,11,14). The van der Waals surface area contributed by atoms with Gasteiger partial charge < -0.3 is 10.1 Å². The van der Waals surface area contributed by atoms with E-state index in [1.54, 1.807) is 4.98 Å². The minimum atomic E-state index is -3.25. The number of aromatic nitrogens is 1. The highest BCUT2D eigenvalue weighted by Crippen LogP contribution is 2.22. The van der Waals surface area contributed by atoms with Crippen molar-refractivity contribution in [3.8, 4) is 0 Å². The van der Waals surface area contributed by atoms with Crippen LogP contribution in [-0.2, 0) is 0 Å². The maximum atomic E-state index is 12.4. The van der Waals surface area contributed by atoms with Crippen molar-refractivity contribution in [1.82, 2.24) is 4.98 Å². The van der Waals surface area contributed by atoms with Crippen LogP contribution >= 0.6 is 11.6 Å². The van der Waals surface area contributed by atoms with Gasteiger partial charge in [0.25, 0.3) is 11.7 Å². The number of halogens is 3. The highest BCUT2D eigenvalue weighted by Gasteiger charge is 2.26. The van der Waals surface area contributed by atoms with E-state index in [4.69, 9.17) is 11.6 Å². The topological polar surface area (TPSA) is 93.1 Å². The molecular formula is C7H3ClF2N2O4. The molecule has 16 heavy (non-hydrogen) atoms. The number of H-pyrrole nitrogens is 1. The van der Waals surface area contributed by atoms with E-state index in [1.165, 1.54) is 0 Å². The molecule has 0 unspecified atom stereocenters. The molecule has 0 saturated heterocycles. The van der Waals surface area contributed by atoms with Crippen LogP contribution in [0, 0.1) is 10.1 Å². The van der Waals surface area contributed by atoms with Crippen LogP contribution in [0.25, 0.3) is 0 Å². The lowest BCUT2D eigenvalue weighted by molar-refractivity contribution is -0.389. The molecule has 1 N–H and O–H groups in total. The SMILES string of the molecule is O=C(Cl)c1cc([N+](=O)[O-])[nH]c(=O)c1C(F)F. The van der Waals surface area contributed by atoms with Gasteiger partial charge in [-0.1, -0.05) is 0 Å². The van der Waals surface area contributed by atoms with Crippen LogP contribution in [0.5, 0.6) is 0 Å². The molecule has 1 aromatic rings. The molecule has 0 aliphatic rings. The molecule has 9 heteroatoms. The summed E-state index contributed by atoms with van der Waals surface area (Å²) in [6.07, 6.45) is -3.25. The Labute approximate surface area is 91.0 Å². The third kappa shape index (κ3) is 2.22. The molecule has 1 aromatic heterocycles. The lowest BCUT2D eigenvalue weighted by Gasteiger charge is -2.02. The number of hydrogen-bond acceptors (Lipinski definition) is 4. The van der Waals surface area contributed by atoms with E-state index in [-0.39, 0.29) is 0 Å². The molecule has 0 aromatic carbocycles. The molecule has 0 aliphatic carbocycles. The monoisotopic (exact) mass is 252 g/mol. The summed E-state index contributed by atoms with van der Waals surface area (Å²) in [4.78, 5) is 32.7. The molecule has 1 rings (SSSR count). The number of carbonyl (C=O) groups is 1. The van der Waals surface area contributed by atoms with Crippen LogP contribution in [-0.4, -0.2) is 15.1 Å². The van der Waals surface area contributed by atoms with Crippen LogP contribution in [0.2, 0.25) is 0 Å². The normalized spacial score (nSPS) is 10.5. The fraction of sp³-hybridized carbons (Fsp3) is 0.143. The summed E-state index contributed by atoms with van der Waals surface area (Å²) < 4.78 is 24.8. The van der Waals surface area contributed by atoms with E-state index in [1.807, 2.05) is 0 Å². The molecule has 0 bridgehead atoms. The maximum absolute atomic E-state index is 12.4. The van der Waals surface area contributed by atoms with Crippen LogP contribution in [0.15, 0.2) is 10.9 Å². The highest BCUT2D eigenvalue weighted by atomic mass is 35.5. The zero-order valence-corrected chi connectivity index (χ0v) is 8.12. The molecule has 0 fully saturated rings. The predicted octanol–water partition coefficient (Wildman–Crippen LogP) is 1.60. The summed E-state index contributed by atoms with van der Waals surface area (Å²) >= 11 is 4.95. The van der Waals surface area contributed by atoms with Crippen LogP contribution in [0.1, 0.15) is 22.3 Å². The van der Waals surface area contributed by atoms with Crippen molar-refractivity contribution < 1.29 is 18.5 Å². The van der Waals surface area contributed by atoms with Gasteiger partial charge in [-0.25, -0.2) is 18.6 Å². The van der Waals surface area contributed by atoms with E-state index >= 15 is 0 Å². The van der Waals surface area contributed by atoms with Crippen LogP contribution in [0.3, 0.4) is 0 Å². The van der Waals surface area contributed by atoms with Gasteiger partial charge in [-0.3, -0.25) is 4.79 Å². The first kappa shape index (κ1) is 12.2. The zero-order valence-electron chi connectivity index (χ0n) is 7.37. The second-order valence-electron chi connectivity index (χ2n) is 2.64. The van der Waals surface area contributed by atoms with Gasteiger partial charge in [-0.05, 0) is 16.5 Å². The van der Waals surface area contributed by atoms with Crippen molar-refractivity contribution in [2.45, 2.75) is 6.43 Å². The summed E-state index contributed by atoms with van der Waals surface area (Å²) in [5.41, 5.74) is -3.45. The lowest BCUT2D eigenvalue weighted by atomic mass is 10.1. The molecule has 0 aliphatic heterocycles. The Kier molecular flexibility index (Phi) is 3.33. The van der Waals surface area contributed by atoms with E-state index in [0.29, 0.717) is 6.07 Å². The molecule has 0 atom stereocenters. The number of rotatable bonds is 3. The minimum absolute atomic E-state index is 0.498. The molecule has 1 heterocycles. The van der Waals surface area contributed by atoms with Gasteiger partial charge in [0.05, 0.1) is 5.56 Å². The van der Waals surface area contributed by atoms with Crippen molar-refractivity contribution in [2.75, 3.05) is 0 Å². The molecule has 86 valence electrons. The number of carbonyl (C=O) groups excluding carboxylic acids is 1. The fourth-order valence-electron chi connectivity index (χ4n) is 1.03. The van der Waals surface area contributed by atoms with E-state index in [9.17, 15) is 28.5 Å². The van der Waals surface area contributed by atoms with Gasteiger partial charge in [0.2, 0.25) is 0 Å². The van der Waals surface area contributed by atoms with Gasteiger partial charge in [0, 0.05) is 6.07 Å². The number of nitro groups is 1. The Morgan fingerprint density at radius 1 is 1.56 bits per heavy atom. The van der Waals surface area contributed by atoms with Gasteiger partial charge in [0.15, 0.2) is 0 Å². The average molecular weight is 253 g/mol. The van der Waals surface area contributed by atoms with Crippen molar-refractivity contribution in [3.63, 3.8) is 0 Å².